The highest BCUT2D eigenvalue weighted by molar-refractivity contribution is 5.85. The molecule has 2 aromatic heterocycles. The summed E-state index contributed by atoms with van der Waals surface area (Å²) in [5, 5.41) is 9.93. The van der Waals surface area contributed by atoms with Gasteiger partial charge < -0.3 is 19.7 Å². The minimum Gasteiger partial charge on any atom is -0.488 e. The van der Waals surface area contributed by atoms with Gasteiger partial charge in [0.05, 0.1) is 34.9 Å². The number of anilines is 2. The lowest BCUT2D eigenvalue weighted by atomic mass is 10.1. The predicted molar refractivity (Wildman–Crippen MR) is 114 cm³/mol. The van der Waals surface area contributed by atoms with Gasteiger partial charge >= 0.3 is 0 Å². The molecule has 2 N–H and O–H groups in total. The number of nitrogens with zero attached hydrogens (tertiary/aromatic N) is 3. The predicted octanol–water partition coefficient (Wildman–Crippen LogP) is 4.44. The number of hydrogen-bond donors (Lipinski definition) is 2. The fraction of sp³-hybridized carbons (Fsp3) is 0.130. The molecule has 0 aliphatic carbocycles. The number of halogens is 2. The maximum absolute atomic E-state index is 13.6. The number of hydrogen-bond acceptors (Lipinski definition) is 5. The number of imidazole rings is 1. The lowest BCUT2D eigenvalue weighted by molar-refractivity contribution is 0.195. The topological polar surface area (TPSA) is 74.3 Å². The van der Waals surface area contributed by atoms with Gasteiger partial charge in [0.15, 0.2) is 17.4 Å². The van der Waals surface area contributed by atoms with Crippen molar-refractivity contribution < 1.29 is 18.6 Å². The molecule has 0 saturated carbocycles. The molecule has 156 valence electrons. The first kappa shape index (κ1) is 19.2. The van der Waals surface area contributed by atoms with Gasteiger partial charge in [0.25, 0.3) is 0 Å². The molecule has 3 heterocycles. The van der Waals surface area contributed by atoms with Crippen molar-refractivity contribution >= 4 is 28.6 Å². The Bertz CT molecular complexity index is 1250. The number of H-pyrrole nitrogens is 1. The molecule has 5 rings (SSSR count). The van der Waals surface area contributed by atoms with Crippen LogP contribution in [0.4, 0.5) is 20.3 Å². The molecule has 4 aromatic rings. The van der Waals surface area contributed by atoms with Gasteiger partial charge in [-0.1, -0.05) is 18.7 Å². The van der Waals surface area contributed by atoms with E-state index in [2.05, 4.69) is 21.5 Å². The third-order valence-corrected chi connectivity index (χ3v) is 5.28. The Hall–Kier alpha value is -3.78. The van der Waals surface area contributed by atoms with Crippen LogP contribution in [0.15, 0.2) is 55.2 Å². The summed E-state index contributed by atoms with van der Waals surface area (Å²) in [6, 6.07) is 11.1. The van der Waals surface area contributed by atoms with E-state index in [1.807, 2.05) is 35.2 Å². The van der Waals surface area contributed by atoms with E-state index in [4.69, 9.17) is 4.74 Å². The number of fused-ring (bicyclic) bond motifs is 2. The zero-order valence-corrected chi connectivity index (χ0v) is 16.3. The first-order valence-electron chi connectivity index (χ1n) is 9.68. The molecule has 8 heteroatoms. The minimum atomic E-state index is -0.956. The van der Waals surface area contributed by atoms with E-state index in [-0.39, 0.29) is 19.3 Å². The third-order valence-electron chi connectivity index (χ3n) is 5.28. The number of pyridine rings is 1. The Morgan fingerprint density at radius 1 is 1.23 bits per heavy atom. The number of rotatable bonds is 4. The summed E-state index contributed by atoms with van der Waals surface area (Å²) < 4.78 is 33.2. The van der Waals surface area contributed by atoms with Gasteiger partial charge in [-0.25, -0.2) is 18.7 Å². The first-order valence-corrected chi connectivity index (χ1v) is 9.68. The van der Waals surface area contributed by atoms with Crippen LogP contribution in [0, 0.1) is 11.6 Å². The molecule has 6 nitrogen and oxygen atoms in total. The zero-order valence-electron chi connectivity index (χ0n) is 16.3. The van der Waals surface area contributed by atoms with Crippen molar-refractivity contribution in [1.82, 2.24) is 15.0 Å². The smallest absolute Gasteiger partial charge is 0.161 e. The molecule has 0 radical (unpaired) electrons. The van der Waals surface area contributed by atoms with E-state index in [0.717, 1.165) is 17.7 Å². The van der Waals surface area contributed by atoms with Crippen LogP contribution < -0.4 is 9.64 Å². The van der Waals surface area contributed by atoms with Gasteiger partial charge in [-0.2, -0.15) is 0 Å². The molecular weight excluding hydrogens is 402 g/mol. The summed E-state index contributed by atoms with van der Waals surface area (Å²) >= 11 is 0. The number of benzene rings is 2. The quantitative estimate of drug-likeness (QED) is 0.511. The number of aromatic nitrogens is 3. The van der Waals surface area contributed by atoms with Crippen molar-refractivity contribution in [2.24, 2.45) is 0 Å². The van der Waals surface area contributed by atoms with Gasteiger partial charge in [0, 0.05) is 18.3 Å². The Balaban J connectivity index is 1.64. The molecule has 1 atom stereocenters. The molecule has 1 aliphatic rings. The van der Waals surface area contributed by atoms with Crippen LogP contribution in [0.3, 0.4) is 0 Å². The van der Waals surface area contributed by atoms with Crippen LogP contribution in [0.5, 0.6) is 5.75 Å². The Kier molecular flexibility index (Phi) is 4.63. The third kappa shape index (κ3) is 3.21. The average molecular weight is 420 g/mol. The average Bonchev–Trinajstić information content (AvgIpc) is 3.20. The number of nitrogens with one attached hydrogen (secondary N) is 1. The van der Waals surface area contributed by atoms with Crippen molar-refractivity contribution in [3.8, 4) is 17.1 Å². The van der Waals surface area contributed by atoms with Gasteiger partial charge in [-0.05, 0) is 29.8 Å². The zero-order chi connectivity index (χ0) is 21.5. The van der Waals surface area contributed by atoms with Crippen LogP contribution in [-0.4, -0.2) is 39.3 Å². The van der Waals surface area contributed by atoms with E-state index in [1.165, 1.54) is 0 Å². The molecule has 2 aromatic carbocycles. The second kappa shape index (κ2) is 7.48. The lowest BCUT2D eigenvalue weighted by Crippen LogP contribution is -2.43. The van der Waals surface area contributed by atoms with Gasteiger partial charge in [-0.15, -0.1) is 0 Å². The molecule has 0 amide bonds. The van der Waals surface area contributed by atoms with Gasteiger partial charge in [-0.3, -0.25) is 0 Å². The molecule has 0 fully saturated rings. The van der Waals surface area contributed by atoms with Crippen molar-refractivity contribution in [2.45, 2.75) is 6.04 Å². The number of aliphatic hydroxyl groups excluding tert-OH is 1. The summed E-state index contributed by atoms with van der Waals surface area (Å²) in [6.07, 6.45) is 3.41. The summed E-state index contributed by atoms with van der Waals surface area (Å²) in [6.45, 7) is 3.85. The van der Waals surface area contributed by atoms with E-state index in [1.54, 1.807) is 12.3 Å². The van der Waals surface area contributed by atoms with Crippen molar-refractivity contribution in [3.63, 3.8) is 0 Å². The Morgan fingerprint density at radius 3 is 2.81 bits per heavy atom. The van der Waals surface area contributed by atoms with E-state index in [9.17, 15) is 13.9 Å². The largest absolute Gasteiger partial charge is 0.488 e. The SMILES string of the molecule is C=Cc1ccc(N2c3cccc(-c4nc5cc(F)c(F)cc5[nH]4)c3OC[C@@H]2CO)nc1. The van der Waals surface area contributed by atoms with Gasteiger partial charge in [0.2, 0.25) is 0 Å². The number of ether oxygens (including phenoxy) is 1. The van der Waals surface area contributed by atoms with Crippen LogP contribution in [0.2, 0.25) is 0 Å². The maximum atomic E-state index is 13.6. The Labute approximate surface area is 176 Å². The molecular formula is C23H18F2N4O2. The van der Waals surface area contributed by atoms with Crippen molar-refractivity contribution in [1.29, 1.82) is 0 Å². The minimum absolute atomic E-state index is 0.127. The Morgan fingerprint density at radius 2 is 2.06 bits per heavy atom. The van der Waals surface area contributed by atoms with Crippen LogP contribution in [0.1, 0.15) is 5.56 Å². The second-order valence-electron chi connectivity index (χ2n) is 7.19. The van der Waals surface area contributed by atoms with E-state index >= 15 is 0 Å². The summed E-state index contributed by atoms with van der Waals surface area (Å²) in [4.78, 5) is 13.9. The number of aromatic amines is 1. The van der Waals surface area contributed by atoms with Crippen molar-refractivity contribution in [3.05, 3.63) is 72.4 Å². The van der Waals surface area contributed by atoms with Crippen molar-refractivity contribution in [2.75, 3.05) is 18.1 Å². The lowest BCUT2D eigenvalue weighted by Gasteiger charge is -2.37. The van der Waals surface area contributed by atoms with Crippen LogP contribution in [-0.2, 0) is 0 Å². The highest BCUT2D eigenvalue weighted by atomic mass is 19.2. The van der Waals surface area contributed by atoms with Crippen LogP contribution >= 0.6 is 0 Å². The molecule has 1 aliphatic heterocycles. The molecule has 0 unspecified atom stereocenters. The number of aliphatic hydroxyl groups is 1. The monoisotopic (exact) mass is 420 g/mol. The summed E-state index contributed by atoms with van der Waals surface area (Å²) in [7, 11) is 0. The fourth-order valence-electron chi connectivity index (χ4n) is 3.74. The van der Waals surface area contributed by atoms with E-state index in [0.29, 0.717) is 39.7 Å². The van der Waals surface area contributed by atoms with Crippen LogP contribution in [0.25, 0.3) is 28.5 Å². The normalized spacial score (nSPS) is 15.6. The fourth-order valence-corrected chi connectivity index (χ4v) is 3.74. The first-order chi connectivity index (χ1) is 15.1. The van der Waals surface area contributed by atoms with E-state index < -0.39 is 11.6 Å². The molecule has 0 bridgehead atoms. The highest BCUT2D eigenvalue weighted by Crippen LogP contribution is 2.44. The number of para-hydroxylation sites is 1. The molecule has 31 heavy (non-hydrogen) atoms. The summed E-state index contributed by atoms with van der Waals surface area (Å²) in [5.74, 6) is -0.279. The second-order valence-corrected chi connectivity index (χ2v) is 7.19. The maximum Gasteiger partial charge on any atom is 0.161 e. The highest BCUT2D eigenvalue weighted by Gasteiger charge is 2.31. The van der Waals surface area contributed by atoms with Gasteiger partial charge in [0.1, 0.15) is 18.2 Å². The molecule has 0 saturated heterocycles. The molecule has 0 spiro atoms. The standard InChI is InChI=1S/C23H18F2N4O2/c1-2-13-6-7-21(26-10-13)29-14(11-30)12-31-22-15(4-3-5-20(22)29)23-27-18-8-16(24)17(25)9-19(18)28-23/h2-10,14,30H,1,11-12H2,(H,27,28)/t14-/m0/s1. The summed E-state index contributed by atoms with van der Waals surface area (Å²) in [5.41, 5.74) is 2.93.